The van der Waals surface area contributed by atoms with E-state index >= 15 is 0 Å². The molecule has 2 aromatic heterocycles. The Hall–Kier alpha value is -1.82. The molecular formula is C12H12N2O3S. The van der Waals surface area contributed by atoms with Crippen LogP contribution < -0.4 is 4.74 Å². The zero-order valence-electron chi connectivity index (χ0n) is 10.1. The van der Waals surface area contributed by atoms with Crippen molar-refractivity contribution < 1.29 is 14.3 Å². The molecular weight excluding hydrogens is 252 g/mol. The van der Waals surface area contributed by atoms with Gasteiger partial charge in [0, 0.05) is 0 Å². The van der Waals surface area contributed by atoms with E-state index in [0.29, 0.717) is 11.5 Å². The molecule has 0 amide bonds. The molecule has 5 nitrogen and oxygen atoms in total. The van der Waals surface area contributed by atoms with Gasteiger partial charge in [0.2, 0.25) is 0 Å². The fraction of sp³-hybridized carbons (Fsp3) is 0.333. The first kappa shape index (κ1) is 11.3. The van der Waals surface area contributed by atoms with Gasteiger partial charge in [0.1, 0.15) is 11.5 Å². The number of esters is 1. The van der Waals surface area contributed by atoms with Gasteiger partial charge >= 0.3 is 5.97 Å². The van der Waals surface area contributed by atoms with Crippen LogP contribution in [0.1, 0.15) is 15.2 Å². The molecule has 0 spiro atoms. The number of carbonyl (C=O) groups excluding carboxylic acids is 1. The van der Waals surface area contributed by atoms with Crippen LogP contribution in [0.3, 0.4) is 0 Å². The van der Waals surface area contributed by atoms with Gasteiger partial charge < -0.3 is 9.47 Å². The number of hydrogen-bond acceptors (Lipinski definition) is 5. The molecule has 1 aliphatic rings. The molecule has 0 unspecified atom stereocenters. The van der Waals surface area contributed by atoms with Crippen molar-refractivity contribution in [2.45, 2.75) is 13.5 Å². The molecule has 0 fully saturated rings. The third-order valence-electron chi connectivity index (χ3n) is 2.90. The molecule has 2 aromatic rings. The average Bonchev–Trinajstić information content (AvgIpc) is 2.89. The van der Waals surface area contributed by atoms with Crippen LogP contribution in [-0.4, -0.2) is 29.5 Å². The fourth-order valence-electron chi connectivity index (χ4n) is 2.07. The lowest BCUT2D eigenvalue weighted by Gasteiger charge is -2.01. The number of fused-ring (bicyclic) bond motifs is 3. The minimum Gasteiger partial charge on any atom is -0.481 e. The monoisotopic (exact) mass is 264 g/mol. The summed E-state index contributed by atoms with van der Waals surface area (Å²) in [5.41, 5.74) is 3.03. The van der Waals surface area contributed by atoms with Gasteiger partial charge in [-0.25, -0.2) is 4.79 Å². The number of nitrogens with zero attached hydrogens (tertiary/aromatic N) is 2. The minimum atomic E-state index is -0.333. The van der Waals surface area contributed by atoms with Crippen molar-refractivity contribution in [3.63, 3.8) is 0 Å². The van der Waals surface area contributed by atoms with Crippen molar-refractivity contribution in [1.29, 1.82) is 0 Å². The van der Waals surface area contributed by atoms with Gasteiger partial charge in [-0.2, -0.15) is 5.10 Å². The quantitative estimate of drug-likeness (QED) is 0.740. The molecule has 0 saturated heterocycles. The molecule has 1 aliphatic heterocycles. The second-order valence-corrected chi connectivity index (χ2v) is 5.07. The van der Waals surface area contributed by atoms with Gasteiger partial charge in [0.25, 0.3) is 0 Å². The van der Waals surface area contributed by atoms with Crippen LogP contribution in [0.25, 0.3) is 11.3 Å². The largest absolute Gasteiger partial charge is 0.481 e. The lowest BCUT2D eigenvalue weighted by molar-refractivity contribution is 0.0606. The summed E-state index contributed by atoms with van der Waals surface area (Å²) in [6.07, 6.45) is 1.83. The molecule has 0 N–H and O–H groups in total. The van der Waals surface area contributed by atoms with Crippen molar-refractivity contribution in [2.75, 3.05) is 13.7 Å². The molecule has 3 heterocycles. The van der Waals surface area contributed by atoms with Crippen molar-refractivity contribution in [2.24, 2.45) is 0 Å². The standard InChI is InChI=1S/C12H12N2O3S/c1-7-6-13-14-3-4-17-12-8(10(7)14)5-9(18-12)11(15)16-2/h5-6H,3-4H2,1-2H3. The van der Waals surface area contributed by atoms with Gasteiger partial charge in [-0.05, 0) is 18.6 Å². The summed E-state index contributed by atoms with van der Waals surface area (Å²) >= 11 is 1.32. The van der Waals surface area contributed by atoms with Crippen LogP contribution in [0.15, 0.2) is 12.3 Å². The molecule has 94 valence electrons. The molecule has 0 aliphatic carbocycles. The van der Waals surface area contributed by atoms with Crippen LogP contribution >= 0.6 is 11.3 Å². The van der Waals surface area contributed by atoms with E-state index in [1.165, 1.54) is 18.4 Å². The van der Waals surface area contributed by atoms with E-state index in [1.54, 1.807) is 0 Å². The maximum absolute atomic E-state index is 11.6. The van der Waals surface area contributed by atoms with Gasteiger partial charge in [-0.1, -0.05) is 11.3 Å². The van der Waals surface area contributed by atoms with Crippen LogP contribution in [0.2, 0.25) is 0 Å². The Morgan fingerprint density at radius 2 is 2.44 bits per heavy atom. The zero-order chi connectivity index (χ0) is 12.7. The highest BCUT2D eigenvalue weighted by molar-refractivity contribution is 7.16. The maximum atomic E-state index is 11.6. The van der Waals surface area contributed by atoms with Crippen LogP contribution in [-0.2, 0) is 11.3 Å². The second kappa shape index (κ2) is 4.13. The number of thiophene rings is 1. The van der Waals surface area contributed by atoms with E-state index < -0.39 is 0 Å². The predicted octanol–water partition coefficient (Wildman–Crippen LogP) is 2.10. The highest BCUT2D eigenvalue weighted by Gasteiger charge is 2.23. The van der Waals surface area contributed by atoms with Crippen LogP contribution in [0.4, 0.5) is 0 Å². The summed E-state index contributed by atoms with van der Waals surface area (Å²) in [6.45, 7) is 3.28. The van der Waals surface area contributed by atoms with Crippen LogP contribution in [0, 0.1) is 6.92 Å². The maximum Gasteiger partial charge on any atom is 0.348 e. The number of ether oxygens (including phenoxy) is 2. The summed E-state index contributed by atoms with van der Waals surface area (Å²) in [6, 6.07) is 1.82. The summed E-state index contributed by atoms with van der Waals surface area (Å²) in [4.78, 5) is 12.1. The summed E-state index contributed by atoms with van der Waals surface area (Å²) in [5.74, 6) is -0.333. The predicted molar refractivity (Wildman–Crippen MR) is 67.1 cm³/mol. The summed E-state index contributed by atoms with van der Waals surface area (Å²) in [5, 5.41) is 5.08. The van der Waals surface area contributed by atoms with E-state index in [0.717, 1.165) is 28.4 Å². The minimum absolute atomic E-state index is 0.333. The average molecular weight is 264 g/mol. The molecule has 6 heteroatoms. The van der Waals surface area contributed by atoms with E-state index in [-0.39, 0.29) is 5.97 Å². The molecule has 0 aromatic carbocycles. The van der Waals surface area contributed by atoms with E-state index in [2.05, 4.69) is 5.10 Å². The molecule has 0 saturated carbocycles. The Labute approximate surface area is 108 Å². The zero-order valence-corrected chi connectivity index (χ0v) is 10.9. The van der Waals surface area contributed by atoms with E-state index in [1.807, 2.05) is 23.9 Å². The third kappa shape index (κ3) is 1.60. The van der Waals surface area contributed by atoms with Crippen molar-refractivity contribution >= 4 is 17.3 Å². The van der Waals surface area contributed by atoms with Gasteiger partial charge in [0.05, 0.1) is 31.1 Å². The first-order chi connectivity index (χ1) is 8.70. The van der Waals surface area contributed by atoms with Crippen molar-refractivity contribution in [3.05, 3.63) is 22.7 Å². The lowest BCUT2D eigenvalue weighted by atomic mass is 10.1. The molecule has 18 heavy (non-hydrogen) atoms. The molecule has 0 bridgehead atoms. The Morgan fingerprint density at radius 1 is 1.61 bits per heavy atom. The summed E-state index contributed by atoms with van der Waals surface area (Å²) < 4.78 is 12.3. The fourth-order valence-corrected chi connectivity index (χ4v) is 3.02. The summed E-state index contributed by atoms with van der Waals surface area (Å²) in [7, 11) is 1.38. The normalized spacial score (nSPS) is 13.2. The van der Waals surface area contributed by atoms with Gasteiger partial charge in [0.15, 0.2) is 5.06 Å². The molecule has 0 atom stereocenters. The first-order valence-corrected chi connectivity index (χ1v) is 6.40. The first-order valence-electron chi connectivity index (χ1n) is 5.58. The highest BCUT2D eigenvalue weighted by atomic mass is 32.1. The van der Waals surface area contributed by atoms with Crippen LogP contribution in [0.5, 0.6) is 5.06 Å². The number of rotatable bonds is 1. The SMILES string of the molecule is COC(=O)c1cc2c(s1)OCCn1ncc(C)c1-2. The highest BCUT2D eigenvalue weighted by Crippen LogP contribution is 2.41. The number of methoxy groups -OCH3 is 1. The van der Waals surface area contributed by atoms with E-state index in [9.17, 15) is 4.79 Å². The Morgan fingerprint density at radius 3 is 3.22 bits per heavy atom. The molecule has 0 radical (unpaired) electrons. The number of hydrogen-bond donors (Lipinski definition) is 0. The number of aromatic nitrogens is 2. The van der Waals surface area contributed by atoms with Crippen molar-refractivity contribution in [1.82, 2.24) is 9.78 Å². The van der Waals surface area contributed by atoms with Gasteiger partial charge in [-0.15, -0.1) is 0 Å². The Kier molecular flexibility index (Phi) is 2.59. The number of carbonyl (C=O) groups is 1. The smallest absolute Gasteiger partial charge is 0.348 e. The number of aryl methyl sites for hydroxylation is 1. The lowest BCUT2D eigenvalue weighted by Crippen LogP contribution is -2.07. The van der Waals surface area contributed by atoms with Gasteiger partial charge in [-0.3, -0.25) is 4.68 Å². The Balaban J connectivity index is 2.17. The van der Waals surface area contributed by atoms with E-state index in [4.69, 9.17) is 9.47 Å². The van der Waals surface area contributed by atoms with Crippen molar-refractivity contribution in [3.8, 4) is 16.3 Å². The Bertz CT molecular complexity index is 615. The second-order valence-electron chi connectivity index (χ2n) is 4.05. The third-order valence-corrected chi connectivity index (χ3v) is 3.93. The topological polar surface area (TPSA) is 53.4 Å². The molecule has 3 rings (SSSR count).